The molecule has 0 spiro atoms. The molecule has 1 atom stereocenters. The van der Waals surface area contributed by atoms with Crippen LogP contribution in [0.1, 0.15) is 30.1 Å². The maximum absolute atomic E-state index is 12.1. The summed E-state index contributed by atoms with van der Waals surface area (Å²) in [5, 5.41) is 12.8. The van der Waals surface area contributed by atoms with Crippen molar-refractivity contribution < 1.29 is 9.53 Å². The first-order valence-corrected chi connectivity index (χ1v) is 7.00. The van der Waals surface area contributed by atoms with E-state index in [0.717, 1.165) is 36.4 Å². The van der Waals surface area contributed by atoms with Crippen molar-refractivity contribution >= 4 is 11.7 Å². The Morgan fingerprint density at radius 1 is 1.38 bits per heavy atom. The Hall–Kier alpha value is -2.50. The van der Waals surface area contributed by atoms with Crippen LogP contribution in [-0.4, -0.2) is 23.3 Å². The third-order valence-electron chi connectivity index (χ3n) is 3.69. The molecule has 2 aromatic rings. The second-order valence-corrected chi connectivity index (χ2v) is 5.08. The quantitative estimate of drug-likeness (QED) is 0.811. The van der Waals surface area contributed by atoms with Crippen LogP contribution >= 0.6 is 0 Å². The smallest absolute Gasteiger partial charge is 0.319 e. The van der Waals surface area contributed by atoms with Gasteiger partial charge in [0.25, 0.3) is 0 Å². The third-order valence-corrected chi connectivity index (χ3v) is 3.69. The van der Waals surface area contributed by atoms with Crippen LogP contribution < -0.4 is 15.4 Å². The molecule has 3 N–H and O–H groups in total. The molecule has 6 heteroatoms. The Morgan fingerprint density at radius 3 is 2.95 bits per heavy atom. The van der Waals surface area contributed by atoms with Crippen LogP contribution in [0, 0.1) is 0 Å². The molecule has 1 aliphatic carbocycles. The van der Waals surface area contributed by atoms with Gasteiger partial charge in [-0.25, -0.2) is 4.79 Å². The molecular weight excluding hydrogens is 268 g/mol. The van der Waals surface area contributed by atoms with E-state index in [4.69, 9.17) is 4.74 Å². The van der Waals surface area contributed by atoms with Crippen LogP contribution in [0.15, 0.2) is 30.5 Å². The van der Waals surface area contributed by atoms with E-state index in [1.807, 2.05) is 18.3 Å². The van der Waals surface area contributed by atoms with Crippen LogP contribution in [-0.2, 0) is 6.42 Å². The topological polar surface area (TPSA) is 79.0 Å². The molecule has 1 aromatic carbocycles. The molecule has 0 unspecified atom stereocenters. The highest BCUT2D eigenvalue weighted by molar-refractivity contribution is 5.89. The number of hydrogen-bond donors (Lipinski definition) is 3. The number of aryl methyl sites for hydroxylation is 1. The number of hydrogen-bond acceptors (Lipinski definition) is 3. The standard InChI is InChI=1S/C15H18N4O2/c1-21-12-7-5-11(6-8-12)17-15(20)18-13-4-2-3-10-9-16-19-14(10)13/h5-9,13H,2-4H2,1H3,(H,16,19)(H2,17,18,20)/t13-/m1/s1. The Balaban J connectivity index is 1.62. The van der Waals surface area contributed by atoms with Gasteiger partial charge in [0.15, 0.2) is 0 Å². The normalized spacial score (nSPS) is 16.9. The van der Waals surface area contributed by atoms with Gasteiger partial charge in [-0.2, -0.15) is 5.10 Å². The SMILES string of the molecule is COc1ccc(NC(=O)N[C@@H]2CCCc3cn[nH]c32)cc1. The van der Waals surface area contributed by atoms with Gasteiger partial charge in [-0.05, 0) is 49.1 Å². The molecule has 0 saturated heterocycles. The fraction of sp³-hybridized carbons (Fsp3) is 0.333. The minimum absolute atomic E-state index is 0.00509. The van der Waals surface area contributed by atoms with Crippen molar-refractivity contribution in [3.63, 3.8) is 0 Å². The zero-order chi connectivity index (χ0) is 14.7. The minimum Gasteiger partial charge on any atom is -0.497 e. The maximum Gasteiger partial charge on any atom is 0.319 e. The van der Waals surface area contributed by atoms with Crippen molar-refractivity contribution in [2.45, 2.75) is 25.3 Å². The first-order chi connectivity index (χ1) is 10.3. The molecule has 0 radical (unpaired) electrons. The monoisotopic (exact) mass is 286 g/mol. The lowest BCUT2D eigenvalue weighted by atomic mass is 9.94. The fourth-order valence-electron chi connectivity index (χ4n) is 2.61. The number of methoxy groups -OCH3 is 1. The molecule has 0 bridgehead atoms. The Labute approximate surface area is 122 Å². The number of aromatic nitrogens is 2. The lowest BCUT2D eigenvalue weighted by Gasteiger charge is -2.23. The van der Waals surface area contributed by atoms with Crippen molar-refractivity contribution in [1.82, 2.24) is 15.5 Å². The van der Waals surface area contributed by atoms with Gasteiger partial charge in [-0.1, -0.05) is 0 Å². The highest BCUT2D eigenvalue weighted by atomic mass is 16.5. The first kappa shape index (κ1) is 13.5. The Morgan fingerprint density at radius 2 is 2.19 bits per heavy atom. The minimum atomic E-state index is -0.215. The van der Waals surface area contributed by atoms with E-state index in [2.05, 4.69) is 20.8 Å². The van der Waals surface area contributed by atoms with Gasteiger partial charge in [0, 0.05) is 5.69 Å². The van der Waals surface area contributed by atoms with Crippen LogP contribution in [0.2, 0.25) is 0 Å². The number of carbonyl (C=O) groups is 1. The van der Waals surface area contributed by atoms with Crippen molar-refractivity contribution in [2.75, 3.05) is 12.4 Å². The van der Waals surface area contributed by atoms with Gasteiger partial charge in [-0.15, -0.1) is 0 Å². The Bertz CT molecular complexity index is 621. The van der Waals surface area contributed by atoms with Crippen molar-refractivity contribution in [2.24, 2.45) is 0 Å². The van der Waals surface area contributed by atoms with Gasteiger partial charge >= 0.3 is 6.03 Å². The largest absolute Gasteiger partial charge is 0.497 e. The second kappa shape index (κ2) is 5.87. The summed E-state index contributed by atoms with van der Waals surface area (Å²) >= 11 is 0. The van der Waals surface area contributed by atoms with E-state index in [-0.39, 0.29) is 12.1 Å². The average molecular weight is 286 g/mol. The molecule has 21 heavy (non-hydrogen) atoms. The van der Waals surface area contributed by atoms with Gasteiger partial charge in [0.1, 0.15) is 5.75 Å². The summed E-state index contributed by atoms with van der Waals surface area (Å²) in [6.45, 7) is 0. The van der Waals surface area contributed by atoms with Crippen LogP contribution in [0.3, 0.4) is 0 Å². The molecule has 3 rings (SSSR count). The lowest BCUT2D eigenvalue weighted by Crippen LogP contribution is -2.34. The molecule has 110 valence electrons. The summed E-state index contributed by atoms with van der Waals surface area (Å²) in [5.41, 5.74) is 2.94. The third kappa shape index (κ3) is 2.99. The van der Waals surface area contributed by atoms with Crippen molar-refractivity contribution in [1.29, 1.82) is 0 Å². The highest BCUT2D eigenvalue weighted by Gasteiger charge is 2.23. The second-order valence-electron chi connectivity index (χ2n) is 5.08. The van der Waals surface area contributed by atoms with Crippen LogP contribution in [0.5, 0.6) is 5.75 Å². The average Bonchev–Trinajstić information content (AvgIpc) is 2.97. The predicted octanol–water partition coefficient (Wildman–Crippen LogP) is 2.62. The maximum atomic E-state index is 12.1. The van der Waals surface area contributed by atoms with E-state index in [0.29, 0.717) is 0 Å². The van der Waals surface area contributed by atoms with Crippen LogP contribution in [0.25, 0.3) is 0 Å². The molecule has 6 nitrogen and oxygen atoms in total. The fourth-order valence-corrected chi connectivity index (χ4v) is 2.61. The number of H-pyrrole nitrogens is 1. The van der Waals surface area contributed by atoms with Gasteiger partial charge in [-0.3, -0.25) is 5.10 Å². The summed E-state index contributed by atoms with van der Waals surface area (Å²) in [4.78, 5) is 12.1. The number of carbonyl (C=O) groups excluding carboxylic acids is 1. The molecule has 1 heterocycles. The van der Waals surface area contributed by atoms with E-state index in [1.54, 1.807) is 19.2 Å². The highest BCUT2D eigenvalue weighted by Crippen LogP contribution is 2.27. The number of aromatic amines is 1. The van der Waals surface area contributed by atoms with Gasteiger partial charge in [0.2, 0.25) is 0 Å². The van der Waals surface area contributed by atoms with Crippen molar-refractivity contribution in [3.05, 3.63) is 41.7 Å². The summed E-state index contributed by atoms with van der Waals surface area (Å²) < 4.78 is 5.09. The number of anilines is 1. The number of benzene rings is 1. The predicted molar refractivity (Wildman–Crippen MR) is 79.4 cm³/mol. The molecule has 1 aliphatic rings. The summed E-state index contributed by atoms with van der Waals surface area (Å²) in [5.74, 6) is 0.760. The lowest BCUT2D eigenvalue weighted by molar-refractivity contribution is 0.246. The van der Waals surface area contributed by atoms with E-state index in [1.165, 1.54) is 5.56 Å². The van der Waals surface area contributed by atoms with E-state index in [9.17, 15) is 4.79 Å². The Kier molecular flexibility index (Phi) is 3.77. The molecule has 2 amide bonds. The number of ether oxygens (including phenoxy) is 1. The molecule has 1 aromatic heterocycles. The number of nitrogens with one attached hydrogen (secondary N) is 3. The first-order valence-electron chi connectivity index (χ1n) is 7.00. The number of amides is 2. The molecule has 0 aliphatic heterocycles. The van der Waals surface area contributed by atoms with Crippen molar-refractivity contribution in [3.8, 4) is 5.75 Å². The molecule has 0 fully saturated rings. The summed E-state index contributed by atoms with van der Waals surface area (Å²) in [7, 11) is 1.61. The number of nitrogens with zero attached hydrogens (tertiary/aromatic N) is 1. The van der Waals surface area contributed by atoms with E-state index >= 15 is 0 Å². The van der Waals surface area contributed by atoms with Gasteiger partial charge < -0.3 is 15.4 Å². The summed E-state index contributed by atoms with van der Waals surface area (Å²) in [6, 6.07) is 7.01. The summed E-state index contributed by atoms with van der Waals surface area (Å²) in [6.07, 6.45) is 4.83. The number of urea groups is 1. The van der Waals surface area contributed by atoms with E-state index < -0.39 is 0 Å². The zero-order valence-electron chi connectivity index (χ0n) is 11.8. The van der Waals surface area contributed by atoms with Crippen LogP contribution in [0.4, 0.5) is 10.5 Å². The zero-order valence-corrected chi connectivity index (χ0v) is 11.8. The number of fused-ring (bicyclic) bond motifs is 1. The molecular formula is C15H18N4O2. The number of rotatable bonds is 3. The van der Waals surface area contributed by atoms with Gasteiger partial charge in [0.05, 0.1) is 25.0 Å². The molecule has 0 saturated carbocycles.